The van der Waals surface area contributed by atoms with Crippen molar-refractivity contribution >= 4 is 5.91 Å². The molecular weight excluding hydrogens is 218 g/mol. The predicted octanol–water partition coefficient (Wildman–Crippen LogP) is 1.82. The Balaban J connectivity index is 2.04. The number of ether oxygens (including phenoxy) is 1. The van der Waals surface area contributed by atoms with Crippen LogP contribution in [0.2, 0.25) is 0 Å². The van der Waals surface area contributed by atoms with Crippen LogP contribution >= 0.6 is 0 Å². The molecule has 17 heavy (non-hydrogen) atoms. The molecule has 1 fully saturated rings. The van der Waals surface area contributed by atoms with Crippen LogP contribution in [0, 0.1) is 5.92 Å². The molecule has 1 saturated carbocycles. The lowest BCUT2D eigenvalue weighted by Gasteiger charge is -2.13. The topological polar surface area (TPSA) is 38.8 Å². The Morgan fingerprint density at radius 1 is 1.41 bits per heavy atom. The quantitative estimate of drug-likeness (QED) is 0.747. The maximum Gasteiger partial charge on any atom is 0.249 e. The minimum Gasteiger partial charge on any atom is -0.497 e. The minimum absolute atomic E-state index is 0.0420. The van der Waals surface area contributed by atoms with E-state index in [0.29, 0.717) is 5.92 Å². The third kappa shape index (κ3) is 2.42. The average Bonchev–Trinajstić information content (AvgIpc) is 3.17. The van der Waals surface area contributed by atoms with Gasteiger partial charge in [-0.05, 0) is 30.0 Å². The van der Waals surface area contributed by atoms with Gasteiger partial charge in [0.15, 0.2) is 0 Å². The molecule has 0 saturated heterocycles. The van der Waals surface area contributed by atoms with Gasteiger partial charge in [-0.25, -0.2) is 5.06 Å². The smallest absolute Gasteiger partial charge is 0.249 e. The van der Waals surface area contributed by atoms with Gasteiger partial charge in [-0.2, -0.15) is 0 Å². The second-order valence-electron chi connectivity index (χ2n) is 4.24. The van der Waals surface area contributed by atoms with Crippen LogP contribution in [0.15, 0.2) is 24.3 Å². The number of hydrogen-bond acceptors (Lipinski definition) is 3. The van der Waals surface area contributed by atoms with Crippen molar-refractivity contribution in [3.05, 3.63) is 29.8 Å². The second-order valence-corrected chi connectivity index (χ2v) is 4.24. The molecule has 0 N–H and O–H groups in total. The highest BCUT2D eigenvalue weighted by molar-refractivity contribution is 5.81. The molecule has 2 atom stereocenters. The van der Waals surface area contributed by atoms with Crippen LogP contribution in [-0.4, -0.2) is 32.2 Å². The zero-order valence-corrected chi connectivity index (χ0v) is 10.3. The second kappa shape index (κ2) is 4.75. The summed E-state index contributed by atoms with van der Waals surface area (Å²) in [5.41, 5.74) is 1.16. The van der Waals surface area contributed by atoms with Gasteiger partial charge < -0.3 is 4.74 Å². The Kier molecular flexibility index (Phi) is 3.33. The third-order valence-electron chi connectivity index (χ3n) is 3.21. The maximum absolute atomic E-state index is 11.8. The van der Waals surface area contributed by atoms with Crippen molar-refractivity contribution in [3.8, 4) is 5.75 Å². The van der Waals surface area contributed by atoms with Crippen LogP contribution in [0.4, 0.5) is 0 Å². The first kappa shape index (κ1) is 11.9. The van der Waals surface area contributed by atoms with E-state index >= 15 is 0 Å². The van der Waals surface area contributed by atoms with E-state index in [1.54, 1.807) is 14.2 Å². The normalized spacial score (nSPS) is 22.1. The fourth-order valence-corrected chi connectivity index (χ4v) is 2.03. The Bertz CT molecular complexity index is 419. The summed E-state index contributed by atoms with van der Waals surface area (Å²) in [4.78, 5) is 16.7. The lowest BCUT2D eigenvalue weighted by atomic mass is 10.1. The molecule has 0 spiro atoms. The van der Waals surface area contributed by atoms with Gasteiger partial charge in [-0.1, -0.05) is 12.1 Å². The van der Waals surface area contributed by atoms with Gasteiger partial charge in [-0.15, -0.1) is 0 Å². The van der Waals surface area contributed by atoms with Gasteiger partial charge in [0.2, 0.25) is 5.91 Å². The summed E-state index contributed by atoms with van der Waals surface area (Å²) in [5.74, 6) is 1.23. The Morgan fingerprint density at radius 3 is 2.82 bits per heavy atom. The van der Waals surface area contributed by atoms with Crippen LogP contribution in [0.25, 0.3) is 0 Å². The first-order valence-electron chi connectivity index (χ1n) is 5.63. The first-order chi connectivity index (χ1) is 8.17. The number of carbonyl (C=O) groups excluding carboxylic acids is 1. The third-order valence-corrected chi connectivity index (χ3v) is 3.21. The highest BCUT2D eigenvalue weighted by atomic mass is 16.7. The van der Waals surface area contributed by atoms with Crippen molar-refractivity contribution in [2.45, 2.75) is 12.3 Å². The van der Waals surface area contributed by atoms with Crippen molar-refractivity contribution in [1.29, 1.82) is 0 Å². The molecule has 1 aromatic carbocycles. The lowest BCUT2D eigenvalue weighted by Crippen LogP contribution is -2.27. The molecular formula is C13H17NO3. The van der Waals surface area contributed by atoms with Gasteiger partial charge in [0.05, 0.1) is 14.2 Å². The molecule has 1 amide bonds. The molecule has 92 valence electrons. The van der Waals surface area contributed by atoms with Crippen LogP contribution in [0.3, 0.4) is 0 Å². The summed E-state index contributed by atoms with van der Waals surface area (Å²) >= 11 is 0. The first-order valence-corrected chi connectivity index (χ1v) is 5.63. The van der Waals surface area contributed by atoms with Crippen molar-refractivity contribution in [1.82, 2.24) is 5.06 Å². The lowest BCUT2D eigenvalue weighted by molar-refractivity contribution is -0.170. The van der Waals surface area contributed by atoms with E-state index in [9.17, 15) is 4.79 Å². The highest BCUT2D eigenvalue weighted by Gasteiger charge is 2.45. The number of hydrogen-bond donors (Lipinski definition) is 0. The molecule has 0 heterocycles. The fourth-order valence-electron chi connectivity index (χ4n) is 2.03. The fraction of sp³-hybridized carbons (Fsp3) is 0.462. The van der Waals surface area contributed by atoms with Gasteiger partial charge in [-0.3, -0.25) is 9.63 Å². The molecule has 0 aliphatic heterocycles. The molecule has 0 radical (unpaired) electrons. The van der Waals surface area contributed by atoms with E-state index in [1.165, 1.54) is 12.2 Å². The molecule has 0 unspecified atom stereocenters. The number of carbonyl (C=O) groups is 1. The average molecular weight is 235 g/mol. The number of rotatable bonds is 4. The SMILES string of the molecule is COc1cccc([C@H]2C[C@@H]2C(=O)N(C)OC)c1. The molecule has 1 aliphatic rings. The maximum atomic E-state index is 11.8. The van der Waals surface area contributed by atoms with Crippen molar-refractivity contribution in [2.24, 2.45) is 5.92 Å². The van der Waals surface area contributed by atoms with Crippen molar-refractivity contribution in [2.75, 3.05) is 21.3 Å². The molecule has 2 rings (SSSR count). The van der Waals surface area contributed by atoms with E-state index in [-0.39, 0.29) is 11.8 Å². The zero-order chi connectivity index (χ0) is 12.4. The van der Waals surface area contributed by atoms with E-state index in [1.807, 2.05) is 24.3 Å². The molecule has 0 bridgehead atoms. The summed E-state index contributed by atoms with van der Waals surface area (Å²) in [6, 6.07) is 7.88. The number of benzene rings is 1. The summed E-state index contributed by atoms with van der Waals surface area (Å²) < 4.78 is 5.18. The number of hydroxylamine groups is 2. The van der Waals surface area contributed by atoms with Gasteiger partial charge in [0.1, 0.15) is 5.75 Å². The van der Waals surface area contributed by atoms with Gasteiger partial charge in [0, 0.05) is 13.0 Å². The van der Waals surface area contributed by atoms with E-state index in [2.05, 4.69) is 0 Å². The van der Waals surface area contributed by atoms with Gasteiger partial charge >= 0.3 is 0 Å². The Labute approximate surface area is 101 Å². The molecule has 1 aromatic rings. The Morgan fingerprint density at radius 2 is 2.18 bits per heavy atom. The van der Waals surface area contributed by atoms with Crippen LogP contribution in [-0.2, 0) is 9.63 Å². The zero-order valence-electron chi connectivity index (χ0n) is 10.3. The molecule has 4 nitrogen and oxygen atoms in total. The standard InChI is InChI=1S/C13H17NO3/c1-14(17-3)13(15)12-8-11(12)9-5-4-6-10(7-9)16-2/h4-7,11-12H,8H2,1-3H3/t11-,12+/m1/s1. The van der Waals surface area contributed by atoms with Gasteiger partial charge in [0.25, 0.3) is 0 Å². The number of nitrogens with zero attached hydrogens (tertiary/aromatic N) is 1. The Hall–Kier alpha value is -1.55. The summed E-state index contributed by atoms with van der Waals surface area (Å²) in [5, 5.41) is 1.30. The van der Waals surface area contributed by atoms with Crippen LogP contribution in [0.5, 0.6) is 5.75 Å². The monoisotopic (exact) mass is 235 g/mol. The van der Waals surface area contributed by atoms with Crippen molar-refractivity contribution in [3.63, 3.8) is 0 Å². The predicted molar refractivity (Wildman–Crippen MR) is 63.6 cm³/mol. The highest BCUT2D eigenvalue weighted by Crippen LogP contribution is 2.48. The van der Waals surface area contributed by atoms with E-state index in [0.717, 1.165) is 17.7 Å². The largest absolute Gasteiger partial charge is 0.497 e. The molecule has 1 aliphatic carbocycles. The summed E-state index contributed by atoms with van der Waals surface area (Å²) in [7, 11) is 4.79. The molecule has 4 heteroatoms. The summed E-state index contributed by atoms with van der Waals surface area (Å²) in [6.45, 7) is 0. The molecule has 0 aromatic heterocycles. The van der Waals surface area contributed by atoms with E-state index in [4.69, 9.17) is 9.57 Å². The summed E-state index contributed by atoms with van der Waals surface area (Å²) in [6.07, 6.45) is 0.889. The number of amides is 1. The number of methoxy groups -OCH3 is 1. The van der Waals surface area contributed by atoms with Crippen molar-refractivity contribution < 1.29 is 14.4 Å². The minimum atomic E-state index is 0.0420. The van der Waals surface area contributed by atoms with E-state index < -0.39 is 0 Å². The van der Waals surface area contributed by atoms with Crippen LogP contribution in [0.1, 0.15) is 17.9 Å². The van der Waals surface area contributed by atoms with Crippen LogP contribution < -0.4 is 4.74 Å².